The first kappa shape index (κ1) is 11.6. The molecule has 1 saturated carbocycles. The third-order valence-electron chi connectivity index (χ3n) is 3.84. The van der Waals surface area contributed by atoms with Crippen LogP contribution in [0, 0.1) is 24.6 Å². The predicted octanol–water partition coefficient (Wildman–Crippen LogP) is 3.39. The van der Waals surface area contributed by atoms with E-state index in [1.807, 2.05) is 0 Å². The summed E-state index contributed by atoms with van der Waals surface area (Å²) >= 11 is 0. The Morgan fingerprint density at radius 3 is 2.50 bits per heavy atom. The van der Waals surface area contributed by atoms with Crippen molar-refractivity contribution < 1.29 is 9.50 Å². The summed E-state index contributed by atoms with van der Waals surface area (Å²) in [5, 5.41) is 10.4. The average molecular weight is 222 g/mol. The van der Waals surface area contributed by atoms with E-state index in [1.54, 1.807) is 19.1 Å². The van der Waals surface area contributed by atoms with E-state index in [1.165, 1.54) is 6.07 Å². The zero-order valence-electron chi connectivity index (χ0n) is 10.1. The largest absolute Gasteiger partial charge is 0.385 e. The van der Waals surface area contributed by atoms with Gasteiger partial charge in [0.05, 0.1) is 5.60 Å². The van der Waals surface area contributed by atoms with Crippen LogP contribution in [0.3, 0.4) is 0 Å². The Balaban J connectivity index is 2.17. The molecule has 0 unspecified atom stereocenters. The third-order valence-corrected chi connectivity index (χ3v) is 3.84. The van der Waals surface area contributed by atoms with E-state index in [0.29, 0.717) is 17.4 Å². The van der Waals surface area contributed by atoms with Gasteiger partial charge in [-0.2, -0.15) is 0 Å². The summed E-state index contributed by atoms with van der Waals surface area (Å²) < 4.78 is 13.1. The van der Waals surface area contributed by atoms with Crippen molar-refractivity contribution in [3.05, 3.63) is 35.1 Å². The van der Waals surface area contributed by atoms with Crippen molar-refractivity contribution >= 4 is 0 Å². The minimum absolute atomic E-state index is 0.202. The Bertz CT molecular complexity index is 392. The summed E-state index contributed by atoms with van der Waals surface area (Å²) in [4.78, 5) is 0. The molecule has 1 aromatic carbocycles. The van der Waals surface area contributed by atoms with Crippen LogP contribution in [0.1, 0.15) is 37.8 Å². The van der Waals surface area contributed by atoms with E-state index in [2.05, 4.69) is 13.8 Å². The molecule has 2 heteroatoms. The molecule has 1 aromatic rings. The number of rotatable bonds is 2. The van der Waals surface area contributed by atoms with Crippen LogP contribution in [0.5, 0.6) is 0 Å². The molecule has 16 heavy (non-hydrogen) atoms. The normalized spacial score (nSPS) is 29.2. The smallest absolute Gasteiger partial charge is 0.126 e. The van der Waals surface area contributed by atoms with Crippen LogP contribution < -0.4 is 0 Å². The molecule has 0 aromatic heterocycles. The Labute approximate surface area is 96.3 Å². The maximum atomic E-state index is 13.1. The van der Waals surface area contributed by atoms with Crippen molar-refractivity contribution in [3.8, 4) is 0 Å². The van der Waals surface area contributed by atoms with Gasteiger partial charge in [-0.05, 0) is 48.8 Å². The van der Waals surface area contributed by atoms with Gasteiger partial charge in [0, 0.05) is 0 Å². The first-order valence-electron chi connectivity index (χ1n) is 5.91. The summed E-state index contributed by atoms with van der Waals surface area (Å²) in [6.07, 6.45) is 1.60. The summed E-state index contributed by atoms with van der Waals surface area (Å²) in [7, 11) is 0. The topological polar surface area (TPSA) is 20.2 Å². The van der Waals surface area contributed by atoms with E-state index < -0.39 is 5.60 Å². The lowest BCUT2D eigenvalue weighted by Gasteiger charge is -2.46. The Morgan fingerprint density at radius 2 is 2.00 bits per heavy atom. The highest BCUT2D eigenvalue weighted by molar-refractivity contribution is 5.30. The molecule has 1 N–H and O–H groups in total. The highest BCUT2D eigenvalue weighted by atomic mass is 19.1. The van der Waals surface area contributed by atoms with Crippen molar-refractivity contribution in [1.29, 1.82) is 0 Å². The molecule has 0 amide bonds. The molecule has 88 valence electrons. The number of aryl methyl sites for hydroxylation is 1. The second-order valence-corrected chi connectivity index (χ2v) is 5.41. The Morgan fingerprint density at radius 1 is 1.38 bits per heavy atom. The average Bonchev–Trinajstić information content (AvgIpc) is 2.17. The Kier molecular flexibility index (Phi) is 2.79. The second-order valence-electron chi connectivity index (χ2n) is 5.41. The van der Waals surface area contributed by atoms with Crippen LogP contribution in [-0.4, -0.2) is 5.11 Å². The molecule has 1 nitrogen and oxygen atoms in total. The van der Waals surface area contributed by atoms with Crippen molar-refractivity contribution in [2.75, 3.05) is 0 Å². The van der Waals surface area contributed by atoms with Crippen molar-refractivity contribution in [1.82, 2.24) is 0 Å². The molecule has 1 aliphatic carbocycles. The maximum absolute atomic E-state index is 13.1. The lowest BCUT2D eigenvalue weighted by Crippen LogP contribution is -2.43. The molecular weight excluding hydrogens is 203 g/mol. The zero-order valence-corrected chi connectivity index (χ0v) is 10.1. The van der Waals surface area contributed by atoms with Crippen molar-refractivity contribution in [2.24, 2.45) is 11.8 Å². The summed E-state index contributed by atoms with van der Waals surface area (Å²) in [5.41, 5.74) is 0.759. The van der Waals surface area contributed by atoms with Gasteiger partial charge in [0.1, 0.15) is 5.82 Å². The van der Waals surface area contributed by atoms with E-state index in [9.17, 15) is 9.50 Å². The SMILES string of the molecule is Cc1cc(C2(O)CC(C(C)C)C2)ccc1F. The molecule has 0 bridgehead atoms. The fourth-order valence-electron chi connectivity index (χ4n) is 2.45. The zero-order chi connectivity index (χ0) is 11.9. The number of halogens is 1. The summed E-state index contributed by atoms with van der Waals surface area (Å²) in [6.45, 7) is 6.10. The van der Waals surface area contributed by atoms with Crippen LogP contribution >= 0.6 is 0 Å². The van der Waals surface area contributed by atoms with E-state index in [-0.39, 0.29) is 5.82 Å². The molecule has 0 saturated heterocycles. The van der Waals surface area contributed by atoms with Crippen molar-refractivity contribution in [2.45, 2.75) is 39.2 Å². The summed E-state index contributed by atoms with van der Waals surface area (Å²) in [5.74, 6) is 1.00. The summed E-state index contributed by atoms with van der Waals surface area (Å²) in [6, 6.07) is 4.93. The molecule has 1 aliphatic rings. The van der Waals surface area contributed by atoms with Gasteiger partial charge in [0.25, 0.3) is 0 Å². The minimum atomic E-state index is -0.715. The quantitative estimate of drug-likeness (QED) is 0.813. The molecule has 0 aliphatic heterocycles. The van der Waals surface area contributed by atoms with Crippen LogP contribution in [0.2, 0.25) is 0 Å². The first-order valence-corrected chi connectivity index (χ1v) is 5.91. The lowest BCUT2D eigenvalue weighted by molar-refractivity contribution is -0.0934. The van der Waals surface area contributed by atoms with Gasteiger partial charge in [0.2, 0.25) is 0 Å². The highest BCUT2D eigenvalue weighted by Gasteiger charge is 2.44. The number of benzene rings is 1. The van der Waals surface area contributed by atoms with Crippen LogP contribution in [-0.2, 0) is 5.60 Å². The van der Waals surface area contributed by atoms with Crippen molar-refractivity contribution in [3.63, 3.8) is 0 Å². The monoisotopic (exact) mass is 222 g/mol. The second kappa shape index (κ2) is 3.85. The lowest BCUT2D eigenvalue weighted by atomic mass is 9.63. The van der Waals surface area contributed by atoms with Gasteiger partial charge in [-0.3, -0.25) is 0 Å². The van der Waals surface area contributed by atoms with E-state index in [4.69, 9.17) is 0 Å². The van der Waals surface area contributed by atoms with Crippen LogP contribution in [0.15, 0.2) is 18.2 Å². The number of aliphatic hydroxyl groups is 1. The van der Waals surface area contributed by atoms with Gasteiger partial charge < -0.3 is 5.11 Å². The molecular formula is C14H19FO. The fraction of sp³-hybridized carbons (Fsp3) is 0.571. The molecule has 0 atom stereocenters. The van der Waals surface area contributed by atoms with Crippen LogP contribution in [0.25, 0.3) is 0 Å². The molecule has 2 rings (SSSR count). The van der Waals surface area contributed by atoms with E-state index in [0.717, 1.165) is 18.4 Å². The van der Waals surface area contributed by atoms with E-state index >= 15 is 0 Å². The predicted molar refractivity (Wildman–Crippen MR) is 62.6 cm³/mol. The third kappa shape index (κ3) is 1.86. The highest BCUT2D eigenvalue weighted by Crippen LogP contribution is 2.48. The fourth-order valence-corrected chi connectivity index (χ4v) is 2.45. The van der Waals surface area contributed by atoms with Gasteiger partial charge in [-0.1, -0.05) is 26.0 Å². The van der Waals surface area contributed by atoms with Gasteiger partial charge in [-0.25, -0.2) is 4.39 Å². The standard InChI is InChI=1S/C14H19FO/c1-9(2)11-7-14(16,8-11)12-4-5-13(15)10(3)6-12/h4-6,9,11,16H,7-8H2,1-3H3. The minimum Gasteiger partial charge on any atom is -0.385 e. The van der Waals surface area contributed by atoms with Crippen LogP contribution in [0.4, 0.5) is 4.39 Å². The number of hydrogen-bond donors (Lipinski definition) is 1. The number of hydrogen-bond acceptors (Lipinski definition) is 1. The first-order chi connectivity index (χ1) is 7.42. The van der Waals surface area contributed by atoms with Gasteiger partial charge >= 0.3 is 0 Å². The molecule has 0 heterocycles. The molecule has 0 radical (unpaired) electrons. The van der Waals surface area contributed by atoms with Gasteiger partial charge in [0.15, 0.2) is 0 Å². The molecule has 0 spiro atoms. The maximum Gasteiger partial charge on any atom is 0.126 e. The Hall–Kier alpha value is -0.890. The molecule has 1 fully saturated rings. The van der Waals surface area contributed by atoms with Gasteiger partial charge in [-0.15, -0.1) is 0 Å².